The number of carbonyl (C=O) groups is 1. The zero-order valence-corrected chi connectivity index (χ0v) is 12.7. The van der Waals surface area contributed by atoms with E-state index in [0.717, 1.165) is 22.6 Å². The topological polar surface area (TPSA) is 50.5 Å². The van der Waals surface area contributed by atoms with Gasteiger partial charge >= 0.3 is 0 Å². The maximum Gasteiger partial charge on any atom is 0.257 e. The lowest BCUT2D eigenvalue weighted by Gasteiger charge is -2.28. The second-order valence-electron chi connectivity index (χ2n) is 5.74. The number of rotatable bonds is 1. The van der Waals surface area contributed by atoms with Gasteiger partial charge in [-0.15, -0.1) is 0 Å². The van der Waals surface area contributed by atoms with Gasteiger partial charge in [0.05, 0.1) is 17.0 Å². The summed E-state index contributed by atoms with van der Waals surface area (Å²) in [5, 5.41) is 4.46. The van der Waals surface area contributed by atoms with Crippen LogP contribution >= 0.6 is 0 Å². The van der Waals surface area contributed by atoms with Gasteiger partial charge in [0.25, 0.3) is 5.91 Å². The molecule has 2 aromatic heterocycles. The molecule has 0 atom stereocenters. The molecule has 0 saturated heterocycles. The minimum atomic E-state index is -0.487. The summed E-state index contributed by atoms with van der Waals surface area (Å²) in [4.78, 5) is 18.6. The van der Waals surface area contributed by atoms with Crippen LogP contribution in [-0.4, -0.2) is 31.9 Å². The van der Waals surface area contributed by atoms with Crippen LogP contribution in [0.4, 0.5) is 4.39 Å². The van der Waals surface area contributed by atoms with Crippen molar-refractivity contribution < 1.29 is 9.18 Å². The number of hydrogen-bond donors (Lipinski definition) is 0. The molecule has 1 aromatic carbocycles. The van der Waals surface area contributed by atoms with Gasteiger partial charge < -0.3 is 4.90 Å². The van der Waals surface area contributed by atoms with Gasteiger partial charge in [-0.25, -0.2) is 13.9 Å². The highest BCUT2D eigenvalue weighted by molar-refractivity contribution is 5.94. The standard InChI is InChI=1S/C17H15FN4O/c1-11-8-16-19-9-12-10-21(7-6-15(12)22(16)20-11)17(23)13-4-2-3-5-14(13)18/h2-5,8-9H,6-7,10H2,1H3. The van der Waals surface area contributed by atoms with E-state index < -0.39 is 5.82 Å². The molecule has 1 aliphatic heterocycles. The first-order valence-corrected chi connectivity index (χ1v) is 7.50. The second kappa shape index (κ2) is 5.15. The molecule has 5 nitrogen and oxygen atoms in total. The van der Waals surface area contributed by atoms with Gasteiger partial charge in [-0.05, 0) is 19.1 Å². The molecule has 4 rings (SSSR count). The largest absolute Gasteiger partial charge is 0.334 e. The van der Waals surface area contributed by atoms with Crippen molar-refractivity contribution in [2.75, 3.05) is 6.54 Å². The molecular weight excluding hydrogens is 295 g/mol. The Balaban J connectivity index is 1.68. The van der Waals surface area contributed by atoms with Crippen LogP contribution in [0.5, 0.6) is 0 Å². The van der Waals surface area contributed by atoms with Crippen molar-refractivity contribution in [3.63, 3.8) is 0 Å². The maximum absolute atomic E-state index is 13.8. The van der Waals surface area contributed by atoms with E-state index in [4.69, 9.17) is 0 Å². The minimum absolute atomic E-state index is 0.111. The summed E-state index contributed by atoms with van der Waals surface area (Å²) in [5.41, 5.74) is 3.86. The Labute approximate surface area is 132 Å². The lowest BCUT2D eigenvalue weighted by molar-refractivity contribution is 0.0728. The van der Waals surface area contributed by atoms with E-state index >= 15 is 0 Å². The highest BCUT2D eigenvalue weighted by Crippen LogP contribution is 2.22. The molecule has 1 amide bonds. The quantitative estimate of drug-likeness (QED) is 0.693. The van der Waals surface area contributed by atoms with Crippen LogP contribution in [0, 0.1) is 12.7 Å². The first-order valence-electron chi connectivity index (χ1n) is 7.50. The van der Waals surface area contributed by atoms with E-state index in [1.54, 1.807) is 23.2 Å². The summed E-state index contributed by atoms with van der Waals surface area (Å²) in [6, 6.07) is 8.01. The number of hydrogen-bond acceptors (Lipinski definition) is 3. The average Bonchev–Trinajstić information content (AvgIpc) is 2.95. The molecule has 0 N–H and O–H groups in total. The first-order chi connectivity index (χ1) is 11.1. The summed E-state index contributed by atoms with van der Waals surface area (Å²) < 4.78 is 15.7. The molecule has 0 aliphatic carbocycles. The fourth-order valence-electron chi connectivity index (χ4n) is 3.03. The zero-order chi connectivity index (χ0) is 16.0. The normalized spacial score (nSPS) is 14.1. The molecule has 0 radical (unpaired) electrons. The molecule has 3 heterocycles. The van der Waals surface area contributed by atoms with Crippen LogP contribution in [0.1, 0.15) is 27.3 Å². The Hall–Kier alpha value is -2.76. The van der Waals surface area contributed by atoms with Gasteiger partial charge in [0.2, 0.25) is 0 Å². The molecule has 3 aromatic rings. The van der Waals surface area contributed by atoms with Crippen LogP contribution in [0.3, 0.4) is 0 Å². The van der Waals surface area contributed by atoms with Gasteiger partial charge in [0.15, 0.2) is 5.65 Å². The highest BCUT2D eigenvalue weighted by Gasteiger charge is 2.25. The third kappa shape index (κ3) is 2.27. The number of aryl methyl sites for hydroxylation is 1. The molecule has 0 unspecified atom stereocenters. The average molecular weight is 310 g/mol. The van der Waals surface area contributed by atoms with E-state index in [2.05, 4.69) is 10.1 Å². The summed E-state index contributed by atoms with van der Waals surface area (Å²) >= 11 is 0. The number of aromatic nitrogens is 3. The molecule has 0 spiro atoms. The first kappa shape index (κ1) is 13.9. The number of halogens is 1. The molecule has 1 aliphatic rings. The third-order valence-corrected chi connectivity index (χ3v) is 4.16. The van der Waals surface area contributed by atoms with E-state index in [1.165, 1.54) is 12.1 Å². The van der Waals surface area contributed by atoms with Gasteiger partial charge in [0, 0.05) is 37.3 Å². The Kier molecular flexibility index (Phi) is 3.11. The van der Waals surface area contributed by atoms with Crippen LogP contribution in [0.25, 0.3) is 5.65 Å². The summed E-state index contributed by atoms with van der Waals surface area (Å²) in [7, 11) is 0. The molecule has 23 heavy (non-hydrogen) atoms. The zero-order valence-electron chi connectivity index (χ0n) is 12.7. The summed E-state index contributed by atoms with van der Waals surface area (Å²) in [6.45, 7) is 2.89. The van der Waals surface area contributed by atoms with Crippen LogP contribution in [-0.2, 0) is 13.0 Å². The van der Waals surface area contributed by atoms with Crippen molar-refractivity contribution in [3.8, 4) is 0 Å². The Morgan fingerprint density at radius 1 is 1.30 bits per heavy atom. The van der Waals surface area contributed by atoms with Gasteiger partial charge in [-0.1, -0.05) is 12.1 Å². The monoisotopic (exact) mass is 310 g/mol. The number of nitrogens with zero attached hydrogens (tertiary/aromatic N) is 4. The number of fused-ring (bicyclic) bond motifs is 3. The number of benzene rings is 1. The van der Waals surface area contributed by atoms with Crippen LogP contribution in [0.15, 0.2) is 36.5 Å². The fourth-order valence-corrected chi connectivity index (χ4v) is 3.03. The van der Waals surface area contributed by atoms with Crippen molar-refractivity contribution in [3.05, 3.63) is 64.9 Å². The van der Waals surface area contributed by atoms with Gasteiger partial charge in [-0.3, -0.25) is 4.79 Å². The predicted octanol–water partition coefficient (Wildman–Crippen LogP) is 2.38. The lowest BCUT2D eigenvalue weighted by Crippen LogP contribution is -2.37. The van der Waals surface area contributed by atoms with Crippen molar-refractivity contribution in [1.29, 1.82) is 0 Å². The number of carbonyl (C=O) groups excluding carboxylic acids is 1. The maximum atomic E-state index is 13.8. The van der Waals surface area contributed by atoms with E-state index in [1.807, 2.05) is 17.5 Å². The SMILES string of the molecule is Cc1cc2ncc3c(n2n1)CCN(C(=O)c1ccccc1F)C3. The smallest absolute Gasteiger partial charge is 0.257 e. The van der Waals surface area contributed by atoms with Crippen molar-refractivity contribution in [1.82, 2.24) is 19.5 Å². The van der Waals surface area contributed by atoms with Crippen molar-refractivity contribution >= 4 is 11.6 Å². The Bertz CT molecular complexity index is 918. The fraction of sp³-hybridized carbons (Fsp3) is 0.235. The van der Waals surface area contributed by atoms with Crippen molar-refractivity contribution in [2.45, 2.75) is 19.9 Å². The number of amides is 1. The molecule has 0 bridgehead atoms. The van der Waals surface area contributed by atoms with E-state index in [9.17, 15) is 9.18 Å². The molecule has 0 fully saturated rings. The van der Waals surface area contributed by atoms with Gasteiger partial charge in [0.1, 0.15) is 5.82 Å². The molecule has 116 valence electrons. The second-order valence-corrected chi connectivity index (χ2v) is 5.74. The summed E-state index contributed by atoms with van der Waals surface area (Å²) in [5.74, 6) is -0.773. The third-order valence-electron chi connectivity index (χ3n) is 4.16. The van der Waals surface area contributed by atoms with E-state index in [0.29, 0.717) is 19.5 Å². The van der Waals surface area contributed by atoms with Crippen LogP contribution < -0.4 is 0 Å². The molecule has 0 saturated carbocycles. The minimum Gasteiger partial charge on any atom is -0.334 e. The van der Waals surface area contributed by atoms with Gasteiger partial charge in [-0.2, -0.15) is 5.10 Å². The van der Waals surface area contributed by atoms with Crippen molar-refractivity contribution in [2.24, 2.45) is 0 Å². The van der Waals surface area contributed by atoms with E-state index in [-0.39, 0.29) is 11.5 Å². The Morgan fingerprint density at radius 2 is 2.13 bits per heavy atom. The highest BCUT2D eigenvalue weighted by atomic mass is 19.1. The molecule has 6 heteroatoms. The molecular formula is C17H15FN4O. The Morgan fingerprint density at radius 3 is 2.96 bits per heavy atom. The van der Waals surface area contributed by atoms with Crippen LogP contribution in [0.2, 0.25) is 0 Å². The summed E-state index contributed by atoms with van der Waals surface area (Å²) in [6.07, 6.45) is 2.46. The lowest BCUT2D eigenvalue weighted by atomic mass is 10.1. The predicted molar refractivity (Wildman–Crippen MR) is 82.6 cm³/mol.